The predicted octanol–water partition coefficient (Wildman–Crippen LogP) is 3.59. The minimum absolute atomic E-state index is 0.143. The van der Waals surface area contributed by atoms with Crippen LogP contribution in [0.25, 0.3) is 0 Å². The van der Waals surface area contributed by atoms with Crippen LogP contribution in [-0.4, -0.2) is 46.4 Å². The molecule has 0 aliphatic carbocycles. The molecule has 1 fully saturated rings. The summed E-state index contributed by atoms with van der Waals surface area (Å²) in [5.41, 5.74) is 2.97. The van der Waals surface area contributed by atoms with E-state index in [0.717, 1.165) is 24.3 Å². The Hall–Kier alpha value is -1.54. The van der Waals surface area contributed by atoms with E-state index in [9.17, 15) is 9.66 Å². The summed E-state index contributed by atoms with van der Waals surface area (Å²) in [4.78, 5) is 2.18. The number of phenolic OH excluding ortho intramolecular Hbond substituents is 1. The van der Waals surface area contributed by atoms with Crippen molar-refractivity contribution in [2.24, 2.45) is 4.40 Å². The van der Waals surface area contributed by atoms with Crippen LogP contribution in [0.2, 0.25) is 0 Å². The van der Waals surface area contributed by atoms with Crippen molar-refractivity contribution >= 4 is 34.1 Å². The Kier molecular flexibility index (Phi) is 5.92. The van der Waals surface area contributed by atoms with Gasteiger partial charge in [0.1, 0.15) is 27.6 Å². The number of thiophene rings is 1. The highest BCUT2D eigenvalue weighted by atomic mass is 32.2. The predicted molar refractivity (Wildman–Crippen MR) is 109 cm³/mol. The number of rotatable bonds is 4. The van der Waals surface area contributed by atoms with Gasteiger partial charge in [-0.2, -0.15) is 11.3 Å². The van der Waals surface area contributed by atoms with Gasteiger partial charge in [-0.25, -0.2) is 0 Å². The molecular weight excluding hydrogens is 368 g/mol. The largest absolute Gasteiger partial charge is 0.591 e. The summed E-state index contributed by atoms with van der Waals surface area (Å²) in [5.74, 6) is 0.143. The molecule has 1 aliphatic heterocycles. The van der Waals surface area contributed by atoms with E-state index in [0.29, 0.717) is 24.5 Å². The zero-order valence-electron chi connectivity index (χ0n) is 15.3. The molecule has 140 valence electrons. The summed E-state index contributed by atoms with van der Waals surface area (Å²) < 4.78 is 22.0. The number of morpholine rings is 1. The van der Waals surface area contributed by atoms with Crippen LogP contribution >= 0.6 is 11.3 Å². The Labute approximate surface area is 161 Å². The van der Waals surface area contributed by atoms with Gasteiger partial charge in [-0.3, -0.25) is 0 Å². The minimum Gasteiger partial charge on any atom is -0.591 e. The fourth-order valence-corrected chi connectivity index (χ4v) is 3.90. The molecule has 1 unspecified atom stereocenters. The Morgan fingerprint density at radius 2 is 2.00 bits per heavy atom. The summed E-state index contributed by atoms with van der Waals surface area (Å²) in [5, 5.41) is 14.6. The maximum atomic E-state index is 12.6. The highest BCUT2D eigenvalue weighted by molar-refractivity contribution is 7.91. The molecule has 0 amide bonds. The summed E-state index contributed by atoms with van der Waals surface area (Å²) in [6.45, 7) is 8.65. The molecule has 1 aliphatic rings. The first-order valence-corrected chi connectivity index (χ1v) is 10.6. The Morgan fingerprint density at radius 1 is 1.27 bits per heavy atom. The van der Waals surface area contributed by atoms with Crippen molar-refractivity contribution in [2.45, 2.75) is 25.5 Å². The number of ether oxygens (including phenoxy) is 1. The molecule has 7 heteroatoms. The van der Waals surface area contributed by atoms with Crippen molar-refractivity contribution < 1.29 is 14.4 Å². The van der Waals surface area contributed by atoms with Crippen LogP contribution < -0.4 is 4.90 Å². The lowest BCUT2D eigenvalue weighted by molar-refractivity contribution is 0.122. The van der Waals surface area contributed by atoms with E-state index in [1.165, 1.54) is 0 Å². The topological polar surface area (TPSA) is 68.1 Å². The van der Waals surface area contributed by atoms with E-state index in [4.69, 9.17) is 4.74 Å². The van der Waals surface area contributed by atoms with Crippen LogP contribution in [-0.2, 0) is 16.1 Å². The van der Waals surface area contributed by atoms with Crippen LogP contribution in [0.3, 0.4) is 0 Å². The van der Waals surface area contributed by atoms with Crippen molar-refractivity contribution in [1.82, 2.24) is 0 Å². The van der Waals surface area contributed by atoms with Gasteiger partial charge >= 0.3 is 0 Å². The molecule has 0 radical (unpaired) electrons. The SMILES string of the molecule is CC(C)(C)[S+]([O-])/N=C(\c1ccsc1)c1ccc(N2CCOCC2)cc1O. The summed E-state index contributed by atoms with van der Waals surface area (Å²) >= 11 is 0.129. The maximum absolute atomic E-state index is 12.6. The van der Waals surface area contributed by atoms with Crippen LogP contribution in [0.4, 0.5) is 5.69 Å². The van der Waals surface area contributed by atoms with Gasteiger partial charge in [-0.1, -0.05) is 4.40 Å². The minimum atomic E-state index is -1.42. The highest BCUT2D eigenvalue weighted by Crippen LogP contribution is 2.30. The number of hydrogen-bond donors (Lipinski definition) is 1. The van der Waals surface area contributed by atoms with Gasteiger partial charge in [-0.05, 0) is 44.4 Å². The fourth-order valence-electron chi connectivity index (χ4n) is 2.61. The summed E-state index contributed by atoms with van der Waals surface area (Å²) in [6.07, 6.45) is 0. The van der Waals surface area contributed by atoms with E-state index in [1.54, 1.807) is 17.4 Å². The standard InChI is InChI=1S/C19H24N2O3S2/c1-19(2,3)26(23)20-18(14-6-11-25-13-14)16-5-4-15(12-17(16)22)21-7-9-24-10-8-21/h4-6,11-13,22H,7-10H2,1-3H3/b20-18+. The van der Waals surface area contributed by atoms with E-state index < -0.39 is 16.1 Å². The Balaban J connectivity index is 1.98. The van der Waals surface area contributed by atoms with Crippen LogP contribution in [0.15, 0.2) is 39.4 Å². The monoisotopic (exact) mass is 392 g/mol. The third-order valence-corrected chi connectivity index (χ3v) is 6.18. The van der Waals surface area contributed by atoms with Gasteiger partial charge in [0.15, 0.2) is 0 Å². The summed E-state index contributed by atoms with van der Waals surface area (Å²) in [6, 6.07) is 7.51. The van der Waals surface area contributed by atoms with Crippen molar-refractivity contribution in [3.63, 3.8) is 0 Å². The number of phenols is 1. The highest BCUT2D eigenvalue weighted by Gasteiger charge is 2.28. The molecule has 1 aromatic heterocycles. The molecule has 1 N–H and O–H groups in total. The summed E-state index contributed by atoms with van der Waals surface area (Å²) in [7, 11) is 0. The van der Waals surface area contributed by atoms with Gasteiger partial charge in [0, 0.05) is 41.4 Å². The second-order valence-electron chi connectivity index (χ2n) is 7.11. The van der Waals surface area contributed by atoms with Crippen LogP contribution in [0, 0.1) is 0 Å². The molecule has 2 heterocycles. The number of anilines is 1. The Morgan fingerprint density at radius 3 is 2.58 bits per heavy atom. The van der Waals surface area contributed by atoms with Crippen molar-refractivity contribution in [2.75, 3.05) is 31.2 Å². The zero-order chi connectivity index (χ0) is 18.7. The van der Waals surface area contributed by atoms with E-state index >= 15 is 0 Å². The van der Waals surface area contributed by atoms with Gasteiger partial charge in [-0.15, -0.1) is 0 Å². The number of hydrogen-bond acceptors (Lipinski definition) is 6. The third kappa shape index (κ3) is 4.40. The molecule has 1 atom stereocenters. The van der Waals surface area contributed by atoms with Crippen molar-refractivity contribution in [1.29, 1.82) is 0 Å². The molecule has 0 bridgehead atoms. The fraction of sp³-hybridized carbons (Fsp3) is 0.421. The molecule has 26 heavy (non-hydrogen) atoms. The first-order valence-electron chi connectivity index (χ1n) is 8.55. The van der Waals surface area contributed by atoms with Gasteiger partial charge in [0.25, 0.3) is 0 Å². The molecule has 5 nitrogen and oxygen atoms in total. The number of benzene rings is 1. The van der Waals surface area contributed by atoms with E-state index in [-0.39, 0.29) is 5.75 Å². The molecular formula is C19H24N2O3S2. The second-order valence-corrected chi connectivity index (χ2v) is 9.80. The second kappa shape index (κ2) is 8.00. The molecule has 0 saturated carbocycles. The van der Waals surface area contributed by atoms with Gasteiger partial charge in [0.2, 0.25) is 0 Å². The lowest BCUT2D eigenvalue weighted by Crippen LogP contribution is -2.36. The quantitative estimate of drug-likeness (QED) is 0.638. The lowest BCUT2D eigenvalue weighted by atomic mass is 10.0. The molecule has 1 saturated heterocycles. The van der Waals surface area contributed by atoms with Crippen LogP contribution in [0.1, 0.15) is 31.9 Å². The van der Waals surface area contributed by atoms with Crippen LogP contribution in [0.5, 0.6) is 5.75 Å². The van der Waals surface area contributed by atoms with Gasteiger partial charge in [0.05, 0.1) is 13.2 Å². The molecule has 3 rings (SSSR count). The van der Waals surface area contributed by atoms with E-state index in [2.05, 4.69) is 9.30 Å². The average molecular weight is 393 g/mol. The molecule has 2 aromatic rings. The number of nitrogens with zero attached hydrogens (tertiary/aromatic N) is 2. The molecule has 1 aromatic carbocycles. The maximum Gasteiger partial charge on any atom is 0.144 e. The molecule has 0 spiro atoms. The van der Waals surface area contributed by atoms with Gasteiger partial charge < -0.3 is 19.3 Å². The lowest BCUT2D eigenvalue weighted by Gasteiger charge is -2.29. The first-order chi connectivity index (χ1) is 12.4. The first kappa shape index (κ1) is 19.2. The van der Waals surface area contributed by atoms with E-state index in [1.807, 2.05) is 49.7 Å². The average Bonchev–Trinajstić information content (AvgIpc) is 3.14. The number of aromatic hydroxyl groups is 1. The smallest absolute Gasteiger partial charge is 0.144 e. The third-order valence-electron chi connectivity index (χ3n) is 4.11. The van der Waals surface area contributed by atoms with Crippen molar-refractivity contribution in [3.05, 3.63) is 46.2 Å². The normalized spacial score (nSPS) is 17.4. The Bertz CT molecular complexity index is 764. The van der Waals surface area contributed by atoms with Crippen molar-refractivity contribution in [3.8, 4) is 5.75 Å². The zero-order valence-corrected chi connectivity index (χ0v) is 16.9.